The molecule has 0 saturated carbocycles. The van der Waals surface area contributed by atoms with Crippen molar-refractivity contribution in [2.75, 3.05) is 18.7 Å². The summed E-state index contributed by atoms with van der Waals surface area (Å²) in [5, 5.41) is 5.45. The minimum absolute atomic E-state index is 0.135. The molecule has 0 unspecified atom stereocenters. The molecule has 30 heavy (non-hydrogen) atoms. The van der Waals surface area contributed by atoms with Gasteiger partial charge in [-0.15, -0.1) is 0 Å². The molecule has 5 rings (SSSR count). The number of urea groups is 1. The number of rotatable bonds is 4. The van der Waals surface area contributed by atoms with E-state index in [9.17, 15) is 14.4 Å². The van der Waals surface area contributed by atoms with Crippen LogP contribution in [0.5, 0.6) is 11.5 Å². The number of aryl methyl sites for hydroxylation is 2. The van der Waals surface area contributed by atoms with E-state index < -0.39 is 23.4 Å². The van der Waals surface area contributed by atoms with E-state index in [2.05, 4.69) is 10.6 Å². The Morgan fingerprint density at radius 1 is 1.10 bits per heavy atom. The molecule has 2 aromatic rings. The molecule has 2 aliphatic heterocycles. The first-order chi connectivity index (χ1) is 14.4. The van der Waals surface area contributed by atoms with Crippen LogP contribution >= 0.6 is 0 Å². The predicted molar refractivity (Wildman–Crippen MR) is 107 cm³/mol. The molecule has 154 valence electrons. The van der Waals surface area contributed by atoms with Crippen molar-refractivity contribution in [1.82, 2.24) is 10.2 Å². The summed E-state index contributed by atoms with van der Waals surface area (Å²) in [4.78, 5) is 39.1. The van der Waals surface area contributed by atoms with Gasteiger partial charge in [-0.25, -0.2) is 4.79 Å². The van der Waals surface area contributed by atoms with E-state index in [0.29, 0.717) is 17.2 Å². The smallest absolute Gasteiger partial charge is 0.325 e. The Labute approximate surface area is 173 Å². The van der Waals surface area contributed by atoms with Crippen molar-refractivity contribution < 1.29 is 23.9 Å². The fourth-order valence-electron chi connectivity index (χ4n) is 4.24. The van der Waals surface area contributed by atoms with Crippen LogP contribution in [0.25, 0.3) is 0 Å². The number of nitrogens with one attached hydrogen (secondary N) is 2. The van der Waals surface area contributed by atoms with E-state index in [-0.39, 0.29) is 13.3 Å². The lowest BCUT2D eigenvalue weighted by Crippen LogP contribution is -2.42. The molecule has 1 saturated heterocycles. The van der Waals surface area contributed by atoms with Crippen LogP contribution in [-0.4, -0.2) is 36.1 Å². The second kappa shape index (κ2) is 6.76. The molecule has 0 aromatic heterocycles. The van der Waals surface area contributed by atoms with Crippen LogP contribution in [0.3, 0.4) is 0 Å². The molecule has 4 amide bonds. The molecule has 8 heteroatoms. The van der Waals surface area contributed by atoms with E-state index in [1.165, 1.54) is 11.1 Å². The number of carbonyl (C=O) groups excluding carboxylic acids is 3. The molecule has 0 bridgehead atoms. The van der Waals surface area contributed by atoms with Gasteiger partial charge in [0.1, 0.15) is 12.1 Å². The maximum Gasteiger partial charge on any atom is 0.325 e. The van der Waals surface area contributed by atoms with E-state index in [0.717, 1.165) is 29.7 Å². The summed E-state index contributed by atoms with van der Waals surface area (Å²) in [6.45, 7) is 1.44. The van der Waals surface area contributed by atoms with Gasteiger partial charge >= 0.3 is 6.03 Å². The second-order valence-corrected chi connectivity index (χ2v) is 7.90. The minimum atomic E-state index is -1.19. The highest BCUT2D eigenvalue weighted by Gasteiger charge is 2.49. The summed E-state index contributed by atoms with van der Waals surface area (Å²) in [7, 11) is 0. The summed E-state index contributed by atoms with van der Waals surface area (Å²) in [6, 6.07) is 10.3. The Balaban J connectivity index is 1.31. The Kier molecular flexibility index (Phi) is 4.16. The number of fused-ring (bicyclic) bond motifs is 2. The number of anilines is 1. The van der Waals surface area contributed by atoms with Crippen molar-refractivity contribution in [2.24, 2.45) is 0 Å². The summed E-state index contributed by atoms with van der Waals surface area (Å²) in [6.07, 6.45) is 3.11. The third-order valence-electron chi connectivity index (χ3n) is 5.91. The van der Waals surface area contributed by atoms with Crippen LogP contribution in [0.4, 0.5) is 10.5 Å². The zero-order valence-corrected chi connectivity index (χ0v) is 16.5. The number of hydrogen-bond acceptors (Lipinski definition) is 5. The highest BCUT2D eigenvalue weighted by atomic mass is 16.7. The van der Waals surface area contributed by atoms with Crippen molar-refractivity contribution in [1.29, 1.82) is 0 Å². The molecule has 2 heterocycles. The molecule has 8 nitrogen and oxygen atoms in total. The lowest BCUT2D eigenvalue weighted by Gasteiger charge is -2.23. The minimum Gasteiger partial charge on any atom is -0.454 e. The number of amides is 4. The Hall–Kier alpha value is -3.55. The average Bonchev–Trinajstić information content (AvgIpc) is 3.43. The number of ether oxygens (including phenoxy) is 2. The van der Waals surface area contributed by atoms with Gasteiger partial charge in [0.15, 0.2) is 11.5 Å². The Bertz CT molecular complexity index is 1080. The van der Waals surface area contributed by atoms with Gasteiger partial charge in [0.2, 0.25) is 12.7 Å². The topological polar surface area (TPSA) is 97.0 Å². The number of imide groups is 1. The van der Waals surface area contributed by atoms with Crippen LogP contribution in [-0.2, 0) is 28.0 Å². The monoisotopic (exact) mass is 407 g/mol. The first-order valence-corrected chi connectivity index (χ1v) is 9.90. The van der Waals surface area contributed by atoms with Gasteiger partial charge in [0.05, 0.1) is 0 Å². The Morgan fingerprint density at radius 2 is 1.90 bits per heavy atom. The summed E-state index contributed by atoms with van der Waals surface area (Å²) >= 11 is 0. The fourth-order valence-corrected chi connectivity index (χ4v) is 4.24. The molecule has 3 aliphatic rings. The zero-order chi connectivity index (χ0) is 20.9. The summed E-state index contributed by atoms with van der Waals surface area (Å²) in [5.41, 5.74) is 2.56. The summed E-state index contributed by atoms with van der Waals surface area (Å²) < 4.78 is 10.5. The SMILES string of the molecule is C[C@]1(c2ccc3c(c2)CCC3)NC(=O)N(CC(=O)Nc2ccc3c(c2)OCO3)C1=O. The predicted octanol–water partition coefficient (Wildman–Crippen LogP) is 2.31. The van der Waals surface area contributed by atoms with Gasteiger partial charge in [-0.3, -0.25) is 14.5 Å². The highest BCUT2D eigenvalue weighted by Crippen LogP contribution is 2.35. The van der Waals surface area contributed by atoms with E-state index in [1.54, 1.807) is 25.1 Å². The first kappa shape index (κ1) is 18.5. The quantitative estimate of drug-likeness (QED) is 0.758. The third-order valence-corrected chi connectivity index (χ3v) is 5.91. The van der Waals surface area contributed by atoms with Crippen LogP contribution in [0.15, 0.2) is 36.4 Å². The zero-order valence-electron chi connectivity index (χ0n) is 16.5. The standard InChI is InChI=1S/C22H21N3O5/c1-22(15-6-5-13-3-2-4-14(13)9-15)20(27)25(21(28)24-22)11-19(26)23-16-7-8-17-18(10-16)30-12-29-17/h5-10H,2-4,11-12H2,1H3,(H,23,26)(H,24,28)/t22-/m1/s1. The third kappa shape index (κ3) is 2.96. The lowest BCUT2D eigenvalue weighted by atomic mass is 9.89. The van der Waals surface area contributed by atoms with Crippen LogP contribution in [0, 0.1) is 0 Å². The van der Waals surface area contributed by atoms with Crippen molar-refractivity contribution >= 4 is 23.5 Å². The van der Waals surface area contributed by atoms with Gasteiger partial charge in [0.25, 0.3) is 5.91 Å². The molecular formula is C22H21N3O5. The number of carbonyl (C=O) groups is 3. The number of benzene rings is 2. The first-order valence-electron chi connectivity index (χ1n) is 9.90. The fraction of sp³-hybridized carbons (Fsp3) is 0.318. The van der Waals surface area contributed by atoms with Gasteiger partial charge in [-0.05, 0) is 55.0 Å². The average molecular weight is 407 g/mol. The normalized spacial score (nSPS) is 21.6. The van der Waals surface area contributed by atoms with Gasteiger partial charge in [-0.1, -0.05) is 18.2 Å². The van der Waals surface area contributed by atoms with Gasteiger partial charge < -0.3 is 20.1 Å². The number of hydrogen-bond donors (Lipinski definition) is 2. The molecule has 1 aliphatic carbocycles. The molecule has 1 fully saturated rings. The maximum absolute atomic E-state index is 13.1. The molecule has 0 spiro atoms. The van der Waals surface area contributed by atoms with E-state index >= 15 is 0 Å². The number of nitrogens with zero attached hydrogens (tertiary/aromatic N) is 1. The second-order valence-electron chi connectivity index (χ2n) is 7.90. The van der Waals surface area contributed by atoms with E-state index in [1.807, 2.05) is 18.2 Å². The molecule has 1 atom stereocenters. The van der Waals surface area contributed by atoms with Crippen molar-refractivity contribution in [2.45, 2.75) is 31.7 Å². The van der Waals surface area contributed by atoms with Crippen LogP contribution in [0.1, 0.15) is 30.0 Å². The van der Waals surface area contributed by atoms with Crippen LogP contribution in [0.2, 0.25) is 0 Å². The molecule has 2 N–H and O–H groups in total. The lowest BCUT2D eigenvalue weighted by molar-refractivity contribution is -0.133. The van der Waals surface area contributed by atoms with E-state index in [4.69, 9.17) is 9.47 Å². The molecule has 2 aromatic carbocycles. The van der Waals surface area contributed by atoms with Crippen molar-refractivity contribution in [3.8, 4) is 11.5 Å². The highest BCUT2D eigenvalue weighted by molar-refractivity contribution is 6.10. The van der Waals surface area contributed by atoms with Crippen molar-refractivity contribution in [3.63, 3.8) is 0 Å². The van der Waals surface area contributed by atoms with Gasteiger partial charge in [-0.2, -0.15) is 0 Å². The summed E-state index contributed by atoms with van der Waals surface area (Å²) in [5.74, 6) is 0.223. The molecule has 0 radical (unpaired) electrons. The Morgan fingerprint density at radius 3 is 2.77 bits per heavy atom. The largest absolute Gasteiger partial charge is 0.454 e. The van der Waals surface area contributed by atoms with Gasteiger partial charge in [0, 0.05) is 11.8 Å². The molecular weight excluding hydrogens is 386 g/mol. The van der Waals surface area contributed by atoms with Crippen LogP contribution < -0.4 is 20.1 Å². The van der Waals surface area contributed by atoms with Crippen molar-refractivity contribution in [3.05, 3.63) is 53.1 Å². The maximum atomic E-state index is 13.1.